The lowest BCUT2D eigenvalue weighted by Crippen LogP contribution is -2.17. The van der Waals surface area contributed by atoms with Gasteiger partial charge in [0.05, 0.1) is 25.3 Å². The van der Waals surface area contributed by atoms with Crippen LogP contribution in [-0.4, -0.2) is 28.6 Å². The van der Waals surface area contributed by atoms with Crippen molar-refractivity contribution in [3.8, 4) is 11.5 Å². The number of aryl methyl sites for hydroxylation is 1. The van der Waals surface area contributed by atoms with Crippen LogP contribution in [-0.2, 0) is 13.0 Å². The van der Waals surface area contributed by atoms with Gasteiger partial charge in [0.25, 0.3) is 0 Å². The van der Waals surface area contributed by atoms with Gasteiger partial charge < -0.3 is 14.9 Å². The molecule has 1 heterocycles. The summed E-state index contributed by atoms with van der Waals surface area (Å²) in [4.78, 5) is 0. The first-order valence-corrected chi connectivity index (χ1v) is 8.28. The third kappa shape index (κ3) is 4.17. The summed E-state index contributed by atoms with van der Waals surface area (Å²) in [7, 11) is 1.60. The maximum atomic E-state index is 6.32. The van der Waals surface area contributed by atoms with Crippen LogP contribution < -0.4 is 14.9 Å². The molecule has 2 aromatic rings. The predicted molar refractivity (Wildman–Crippen MR) is 93.6 cm³/mol. The summed E-state index contributed by atoms with van der Waals surface area (Å²) in [6, 6.07) is 3.76. The van der Waals surface area contributed by atoms with E-state index in [1.165, 1.54) is 0 Å². The van der Waals surface area contributed by atoms with Crippen molar-refractivity contribution in [3.63, 3.8) is 0 Å². The number of hydrogen-bond acceptors (Lipinski definition) is 5. The molecule has 0 aliphatic carbocycles. The highest BCUT2D eigenvalue weighted by Gasteiger charge is 2.12. The fourth-order valence-electron chi connectivity index (χ4n) is 2.12. The molecule has 2 N–H and O–H groups in total. The van der Waals surface area contributed by atoms with Gasteiger partial charge in [-0.05, 0) is 36.3 Å². The molecule has 0 radical (unpaired) electrons. The van der Waals surface area contributed by atoms with Gasteiger partial charge in [-0.3, -0.25) is 5.10 Å². The highest BCUT2D eigenvalue weighted by Crippen LogP contribution is 2.36. The highest BCUT2D eigenvalue weighted by molar-refractivity contribution is 7.71. The maximum Gasteiger partial charge on any atom is 0.214 e. The number of ether oxygens (including phenoxy) is 2. The molecule has 0 unspecified atom stereocenters. The van der Waals surface area contributed by atoms with Crippen molar-refractivity contribution in [1.29, 1.82) is 0 Å². The Morgan fingerprint density at radius 3 is 2.83 bits per heavy atom. The summed E-state index contributed by atoms with van der Waals surface area (Å²) in [5.41, 5.74) is 4.19. The van der Waals surface area contributed by atoms with E-state index in [1.54, 1.807) is 11.8 Å². The summed E-state index contributed by atoms with van der Waals surface area (Å²) in [6.07, 6.45) is 1.68. The van der Waals surface area contributed by atoms with E-state index in [0.717, 1.165) is 24.2 Å². The highest BCUT2D eigenvalue weighted by atomic mass is 35.5. The van der Waals surface area contributed by atoms with Crippen LogP contribution in [0.2, 0.25) is 5.02 Å². The predicted octanol–water partition coefficient (Wildman–Crippen LogP) is 3.70. The van der Waals surface area contributed by atoms with Crippen molar-refractivity contribution in [2.75, 3.05) is 19.1 Å². The van der Waals surface area contributed by atoms with Crippen molar-refractivity contribution < 1.29 is 9.47 Å². The average molecular weight is 357 g/mol. The molecule has 23 heavy (non-hydrogen) atoms. The van der Waals surface area contributed by atoms with Gasteiger partial charge in [0, 0.05) is 6.42 Å². The standard InChI is InChI=1S/C15H21ClN4O2S/c1-4-6-22-14-11(16)7-10(8-12(14)21-3)9-17-20-13(5-2)18-19-15(20)23/h7-8,17H,4-6,9H2,1-3H3,(H,19,23). The smallest absolute Gasteiger partial charge is 0.214 e. The molecule has 0 bridgehead atoms. The first-order chi connectivity index (χ1) is 11.1. The Morgan fingerprint density at radius 1 is 1.39 bits per heavy atom. The number of methoxy groups -OCH3 is 1. The molecule has 0 aliphatic heterocycles. The molecule has 0 saturated carbocycles. The van der Waals surface area contributed by atoms with Gasteiger partial charge in [0.2, 0.25) is 4.77 Å². The molecule has 0 amide bonds. The minimum Gasteiger partial charge on any atom is -0.493 e. The Balaban J connectivity index is 2.19. The van der Waals surface area contributed by atoms with E-state index in [0.29, 0.717) is 34.4 Å². The number of aromatic amines is 1. The maximum absolute atomic E-state index is 6.32. The average Bonchev–Trinajstić information content (AvgIpc) is 2.91. The van der Waals surface area contributed by atoms with Gasteiger partial charge in [0.1, 0.15) is 0 Å². The first-order valence-electron chi connectivity index (χ1n) is 7.50. The van der Waals surface area contributed by atoms with E-state index in [9.17, 15) is 0 Å². The van der Waals surface area contributed by atoms with Gasteiger partial charge in [0.15, 0.2) is 17.3 Å². The molecule has 1 aromatic heterocycles. The van der Waals surface area contributed by atoms with Crippen LogP contribution in [0.5, 0.6) is 11.5 Å². The lowest BCUT2D eigenvalue weighted by molar-refractivity contribution is 0.294. The minimum atomic E-state index is 0.529. The number of nitrogens with zero attached hydrogens (tertiary/aromatic N) is 2. The summed E-state index contributed by atoms with van der Waals surface area (Å²) in [6.45, 7) is 5.18. The second kappa shape index (κ2) is 8.21. The monoisotopic (exact) mass is 356 g/mol. The lowest BCUT2D eigenvalue weighted by Gasteiger charge is -2.15. The number of nitrogens with one attached hydrogen (secondary N) is 2. The van der Waals surface area contributed by atoms with E-state index in [1.807, 2.05) is 26.0 Å². The third-order valence-corrected chi connectivity index (χ3v) is 3.79. The van der Waals surface area contributed by atoms with Crippen LogP contribution >= 0.6 is 23.8 Å². The van der Waals surface area contributed by atoms with Gasteiger partial charge in [-0.25, -0.2) is 4.68 Å². The summed E-state index contributed by atoms with van der Waals surface area (Å²) < 4.78 is 13.3. The van der Waals surface area contributed by atoms with Crippen molar-refractivity contribution in [1.82, 2.24) is 14.9 Å². The number of aromatic nitrogens is 3. The second-order valence-electron chi connectivity index (χ2n) is 4.93. The number of hydrogen-bond donors (Lipinski definition) is 2. The van der Waals surface area contributed by atoms with Gasteiger partial charge in [-0.1, -0.05) is 25.4 Å². The summed E-state index contributed by atoms with van der Waals surface area (Å²) in [5, 5.41) is 7.46. The molecule has 8 heteroatoms. The number of benzene rings is 1. The Hall–Kier alpha value is -1.73. The zero-order chi connectivity index (χ0) is 16.8. The van der Waals surface area contributed by atoms with E-state index < -0.39 is 0 Å². The van der Waals surface area contributed by atoms with Crippen LogP contribution in [0.15, 0.2) is 12.1 Å². The molecule has 126 valence electrons. The zero-order valence-corrected chi connectivity index (χ0v) is 15.1. The quantitative estimate of drug-likeness (QED) is 0.706. The molecule has 0 saturated heterocycles. The molecule has 2 rings (SSSR count). The molecule has 1 aromatic carbocycles. The van der Waals surface area contributed by atoms with Gasteiger partial charge in [-0.2, -0.15) is 5.10 Å². The molecular weight excluding hydrogens is 336 g/mol. The fourth-order valence-corrected chi connectivity index (χ4v) is 2.62. The molecule has 0 fully saturated rings. The Morgan fingerprint density at radius 2 is 2.17 bits per heavy atom. The molecule has 0 aliphatic rings. The van der Waals surface area contributed by atoms with Crippen molar-refractivity contribution in [2.45, 2.75) is 33.2 Å². The van der Waals surface area contributed by atoms with E-state index in [-0.39, 0.29) is 0 Å². The van der Waals surface area contributed by atoms with E-state index in [4.69, 9.17) is 33.3 Å². The summed E-state index contributed by atoms with van der Waals surface area (Å²) >= 11 is 11.5. The number of halogens is 1. The topological polar surface area (TPSA) is 64.1 Å². The van der Waals surface area contributed by atoms with Crippen LogP contribution in [0.4, 0.5) is 0 Å². The molecular formula is C15H21ClN4O2S. The van der Waals surface area contributed by atoms with Crippen LogP contribution in [0, 0.1) is 4.77 Å². The Labute approximate surface area is 145 Å². The van der Waals surface area contributed by atoms with Crippen molar-refractivity contribution in [3.05, 3.63) is 33.3 Å². The number of H-pyrrole nitrogens is 1. The zero-order valence-electron chi connectivity index (χ0n) is 13.5. The third-order valence-electron chi connectivity index (χ3n) is 3.24. The molecule has 0 atom stereocenters. The second-order valence-corrected chi connectivity index (χ2v) is 5.72. The first kappa shape index (κ1) is 17.6. The lowest BCUT2D eigenvalue weighted by atomic mass is 10.2. The van der Waals surface area contributed by atoms with Gasteiger partial charge >= 0.3 is 0 Å². The molecule has 6 nitrogen and oxygen atoms in total. The van der Waals surface area contributed by atoms with Crippen LogP contribution in [0.1, 0.15) is 31.7 Å². The Bertz CT molecular complexity index is 714. The van der Waals surface area contributed by atoms with E-state index >= 15 is 0 Å². The fraction of sp³-hybridized carbons (Fsp3) is 0.467. The van der Waals surface area contributed by atoms with E-state index in [2.05, 4.69) is 15.6 Å². The summed E-state index contributed by atoms with van der Waals surface area (Å²) in [5.74, 6) is 2.04. The number of rotatable bonds is 8. The molecule has 0 spiro atoms. The normalized spacial score (nSPS) is 10.6. The SMILES string of the molecule is CCCOc1c(Cl)cc(CNn2c(CC)n[nH]c2=S)cc1OC. The van der Waals surface area contributed by atoms with Gasteiger partial charge in [-0.15, -0.1) is 0 Å². The van der Waals surface area contributed by atoms with Crippen molar-refractivity contribution in [2.24, 2.45) is 0 Å². The van der Waals surface area contributed by atoms with Crippen LogP contribution in [0.25, 0.3) is 0 Å². The van der Waals surface area contributed by atoms with Crippen molar-refractivity contribution >= 4 is 23.8 Å². The minimum absolute atomic E-state index is 0.529. The van der Waals surface area contributed by atoms with Crippen LogP contribution in [0.3, 0.4) is 0 Å². The Kier molecular flexibility index (Phi) is 6.29. The largest absolute Gasteiger partial charge is 0.493 e.